The molecule has 2 aromatic carbocycles. The number of aliphatic carboxylic acids is 1. The molecule has 9 nitrogen and oxygen atoms in total. The topological polar surface area (TPSA) is 127 Å². The average Bonchev–Trinajstić information content (AvgIpc) is 2.95. The fourth-order valence-corrected chi connectivity index (χ4v) is 4.58. The first-order valence-electron chi connectivity index (χ1n) is 14.1. The molecule has 0 atom stereocenters. The number of carbonyl (C=O) groups excluding carboxylic acids is 1. The monoisotopic (exact) mass is 561 g/mol. The molecule has 4 rings (SSSR count). The highest BCUT2D eigenvalue weighted by atomic mass is 16.5. The van der Waals surface area contributed by atoms with Crippen LogP contribution in [-0.2, 0) is 4.79 Å². The number of carbonyl (C=O) groups is 2. The van der Waals surface area contributed by atoms with Gasteiger partial charge in [-0.05, 0) is 62.1 Å². The normalized spacial score (nSPS) is 11.2. The van der Waals surface area contributed by atoms with E-state index in [-0.39, 0.29) is 23.1 Å². The van der Waals surface area contributed by atoms with Gasteiger partial charge in [-0.25, -0.2) is 9.59 Å². The molecule has 216 valence electrons. The van der Waals surface area contributed by atoms with Crippen molar-refractivity contribution >= 4 is 39.4 Å². The summed E-state index contributed by atoms with van der Waals surface area (Å²) in [5.74, 6) is -1.18. The minimum atomic E-state index is -0.876. The summed E-state index contributed by atoms with van der Waals surface area (Å²) in [5.41, 5.74) is -0.648. The van der Waals surface area contributed by atoms with Gasteiger partial charge in [-0.3, -0.25) is 9.59 Å². The van der Waals surface area contributed by atoms with E-state index in [2.05, 4.69) is 18.7 Å². The minimum absolute atomic E-state index is 0.0695. The third kappa shape index (κ3) is 7.42. The summed E-state index contributed by atoms with van der Waals surface area (Å²) in [5, 5.41) is 9.78. The molecule has 0 spiro atoms. The molecule has 0 radical (unpaired) electrons. The number of hydrogen-bond acceptors (Lipinski definition) is 8. The lowest BCUT2D eigenvalue weighted by Crippen LogP contribution is -2.25. The third-order valence-electron chi connectivity index (χ3n) is 6.90. The fourth-order valence-electron chi connectivity index (χ4n) is 4.58. The van der Waals surface area contributed by atoms with Gasteiger partial charge in [-0.1, -0.05) is 26.7 Å². The highest BCUT2D eigenvalue weighted by Crippen LogP contribution is 2.25. The number of ketones is 1. The lowest BCUT2D eigenvalue weighted by Gasteiger charge is -2.24. The van der Waals surface area contributed by atoms with Crippen LogP contribution >= 0.6 is 0 Å². The molecule has 0 aliphatic carbocycles. The summed E-state index contributed by atoms with van der Waals surface area (Å²) in [4.78, 5) is 51.9. The molecule has 2 aromatic heterocycles. The Bertz CT molecular complexity index is 1640. The maximum Gasteiger partial charge on any atom is 0.347 e. The Kier molecular flexibility index (Phi) is 9.95. The van der Waals surface area contributed by atoms with Gasteiger partial charge in [0, 0.05) is 48.1 Å². The van der Waals surface area contributed by atoms with E-state index in [0.717, 1.165) is 44.5 Å². The molecule has 0 fully saturated rings. The number of benzene rings is 2. The van der Waals surface area contributed by atoms with Gasteiger partial charge in [0.05, 0.1) is 6.61 Å². The van der Waals surface area contributed by atoms with Gasteiger partial charge in [0.1, 0.15) is 28.0 Å². The molecule has 0 unspecified atom stereocenters. The number of fused-ring (bicyclic) bond motifs is 2. The Morgan fingerprint density at radius 2 is 1.37 bits per heavy atom. The van der Waals surface area contributed by atoms with Crippen LogP contribution in [0.2, 0.25) is 0 Å². The Balaban J connectivity index is 1.56. The Hall–Kier alpha value is -4.40. The first kappa shape index (κ1) is 29.6. The second kappa shape index (κ2) is 13.8. The van der Waals surface area contributed by atoms with E-state index in [1.54, 1.807) is 12.1 Å². The van der Waals surface area contributed by atoms with Crippen molar-refractivity contribution in [2.45, 2.75) is 58.8 Å². The van der Waals surface area contributed by atoms with Crippen LogP contribution in [0.25, 0.3) is 21.9 Å². The van der Waals surface area contributed by atoms with Crippen molar-refractivity contribution in [2.75, 3.05) is 24.6 Å². The Morgan fingerprint density at radius 1 is 0.780 bits per heavy atom. The summed E-state index contributed by atoms with van der Waals surface area (Å²) in [6.45, 7) is 6.41. The smallest absolute Gasteiger partial charge is 0.347 e. The van der Waals surface area contributed by atoms with Gasteiger partial charge in [-0.15, -0.1) is 0 Å². The molecule has 1 N–H and O–H groups in total. The summed E-state index contributed by atoms with van der Waals surface area (Å²) in [6.07, 6.45) is 5.37. The molecule has 0 saturated carbocycles. The Morgan fingerprint density at radius 3 is 1.95 bits per heavy atom. The van der Waals surface area contributed by atoms with Crippen LogP contribution in [0.15, 0.2) is 67.0 Å². The van der Waals surface area contributed by atoms with Crippen molar-refractivity contribution in [3.05, 3.63) is 80.5 Å². The zero-order valence-electron chi connectivity index (χ0n) is 23.4. The number of anilines is 1. The van der Waals surface area contributed by atoms with Gasteiger partial charge in [0.25, 0.3) is 0 Å². The predicted octanol–water partition coefficient (Wildman–Crippen LogP) is 6.17. The van der Waals surface area contributed by atoms with Gasteiger partial charge >= 0.3 is 17.2 Å². The molecule has 0 saturated heterocycles. The van der Waals surface area contributed by atoms with Crippen molar-refractivity contribution in [1.29, 1.82) is 0 Å². The van der Waals surface area contributed by atoms with E-state index < -0.39 is 23.0 Å². The zero-order valence-corrected chi connectivity index (χ0v) is 23.4. The standard InChI is InChI=1S/C32H35NO8/c1-3-5-14-33(15-6-4-2)23-12-10-21-17-25(31(37)40-27(21)19-23)30(36)26-18-22-11-13-24(20-28(22)41-32(26)38)39-16-8-7-9-29(34)35/h10-13,17-20H,3-9,14-16H2,1-2H3,(H,34,35). The minimum Gasteiger partial charge on any atom is -0.493 e. The second-order valence-corrected chi connectivity index (χ2v) is 10.0. The second-order valence-electron chi connectivity index (χ2n) is 10.0. The lowest BCUT2D eigenvalue weighted by molar-refractivity contribution is -0.137. The molecule has 0 bridgehead atoms. The highest BCUT2D eigenvalue weighted by molar-refractivity contribution is 6.10. The van der Waals surface area contributed by atoms with Crippen molar-refractivity contribution in [1.82, 2.24) is 0 Å². The average molecular weight is 562 g/mol. The maximum atomic E-state index is 13.3. The van der Waals surface area contributed by atoms with E-state index >= 15 is 0 Å². The number of ether oxygens (including phenoxy) is 1. The number of unbranched alkanes of at least 4 members (excludes halogenated alkanes) is 3. The summed E-state index contributed by atoms with van der Waals surface area (Å²) < 4.78 is 16.6. The lowest BCUT2D eigenvalue weighted by atomic mass is 10.0. The first-order chi connectivity index (χ1) is 19.8. The fraction of sp³-hybridized carbons (Fsp3) is 0.375. The van der Waals surface area contributed by atoms with Gasteiger partial charge in [0.15, 0.2) is 0 Å². The number of rotatable bonds is 15. The predicted molar refractivity (Wildman–Crippen MR) is 157 cm³/mol. The van der Waals surface area contributed by atoms with Crippen LogP contribution in [-0.4, -0.2) is 36.6 Å². The molecular weight excluding hydrogens is 526 g/mol. The van der Waals surface area contributed by atoms with Crippen LogP contribution in [0.5, 0.6) is 5.75 Å². The highest BCUT2D eigenvalue weighted by Gasteiger charge is 2.21. The van der Waals surface area contributed by atoms with Crippen molar-refractivity contribution in [2.24, 2.45) is 0 Å². The molecule has 41 heavy (non-hydrogen) atoms. The molecule has 0 amide bonds. The van der Waals surface area contributed by atoms with Crippen molar-refractivity contribution in [3.8, 4) is 5.75 Å². The van der Waals surface area contributed by atoms with Gasteiger partial charge in [0.2, 0.25) is 5.78 Å². The number of carboxylic acids is 1. The maximum absolute atomic E-state index is 13.3. The quantitative estimate of drug-likeness (QED) is 0.103. The molecule has 4 aromatic rings. The van der Waals surface area contributed by atoms with E-state index in [4.69, 9.17) is 18.7 Å². The largest absolute Gasteiger partial charge is 0.493 e. The zero-order chi connectivity index (χ0) is 29.4. The van der Waals surface area contributed by atoms with Crippen molar-refractivity contribution in [3.63, 3.8) is 0 Å². The van der Waals surface area contributed by atoms with E-state index in [1.165, 1.54) is 18.2 Å². The third-order valence-corrected chi connectivity index (χ3v) is 6.90. The van der Waals surface area contributed by atoms with Gasteiger partial charge in [-0.2, -0.15) is 0 Å². The summed E-state index contributed by atoms with van der Waals surface area (Å²) in [7, 11) is 0. The molecule has 2 heterocycles. The SMILES string of the molecule is CCCCN(CCCC)c1ccc2cc(C(=O)c3cc4ccc(OCCCCC(=O)O)cc4oc3=O)c(=O)oc2c1. The molecular formula is C32H35NO8. The van der Waals surface area contributed by atoms with Gasteiger partial charge < -0.3 is 23.6 Å². The number of hydrogen-bond donors (Lipinski definition) is 1. The van der Waals surface area contributed by atoms with E-state index in [1.807, 2.05) is 18.2 Å². The van der Waals surface area contributed by atoms with Crippen LogP contribution < -0.4 is 20.9 Å². The van der Waals surface area contributed by atoms with E-state index in [0.29, 0.717) is 41.6 Å². The first-order valence-corrected chi connectivity index (χ1v) is 14.1. The van der Waals surface area contributed by atoms with Crippen LogP contribution in [0, 0.1) is 0 Å². The molecule has 9 heteroatoms. The van der Waals surface area contributed by atoms with Crippen LogP contribution in [0.4, 0.5) is 5.69 Å². The Labute approximate surface area is 237 Å². The van der Waals surface area contributed by atoms with E-state index in [9.17, 15) is 19.2 Å². The number of nitrogens with zero attached hydrogens (tertiary/aromatic N) is 1. The van der Waals surface area contributed by atoms with Crippen LogP contribution in [0.3, 0.4) is 0 Å². The molecule has 0 aliphatic rings. The van der Waals surface area contributed by atoms with Crippen molar-refractivity contribution < 1.29 is 28.3 Å². The summed E-state index contributed by atoms with van der Waals surface area (Å²) >= 11 is 0. The number of carboxylic acid groups (broad SMARTS) is 1. The van der Waals surface area contributed by atoms with Crippen LogP contribution in [0.1, 0.15) is 74.7 Å². The summed E-state index contributed by atoms with van der Waals surface area (Å²) in [6, 6.07) is 13.3. The molecule has 0 aliphatic heterocycles.